The Kier molecular flexibility index (Phi) is 2.85. The summed E-state index contributed by atoms with van der Waals surface area (Å²) >= 11 is 0. The number of ether oxygens (including phenoxy) is 2. The molecule has 3 heteroatoms. The maximum atomic E-state index is 10.3. The molecular weight excluding hydrogens is 156 g/mol. The van der Waals surface area contributed by atoms with Crippen molar-refractivity contribution in [2.24, 2.45) is 0 Å². The molecule has 0 aromatic heterocycles. The van der Waals surface area contributed by atoms with Gasteiger partial charge in [-0.1, -0.05) is 0 Å². The van der Waals surface area contributed by atoms with Gasteiger partial charge in [0.2, 0.25) is 0 Å². The van der Waals surface area contributed by atoms with Gasteiger partial charge in [0.05, 0.1) is 12.2 Å². The summed E-state index contributed by atoms with van der Waals surface area (Å²) in [7, 11) is 0. The summed E-state index contributed by atoms with van der Waals surface area (Å²) in [6.45, 7) is 5.75. The zero-order valence-corrected chi connectivity index (χ0v) is 7.87. The van der Waals surface area contributed by atoms with Crippen LogP contribution in [0.1, 0.15) is 33.6 Å². The summed E-state index contributed by atoms with van der Waals surface area (Å²) in [5, 5.41) is 0. The highest BCUT2D eigenvalue weighted by Crippen LogP contribution is 2.27. The van der Waals surface area contributed by atoms with Gasteiger partial charge in [0, 0.05) is 12.8 Å². The fraction of sp³-hybridized carbons (Fsp3) is 0.889. The van der Waals surface area contributed by atoms with E-state index in [1.807, 2.05) is 20.8 Å². The number of hydrogen-bond donors (Lipinski definition) is 0. The summed E-state index contributed by atoms with van der Waals surface area (Å²) in [5.41, 5.74) is 0. The van der Waals surface area contributed by atoms with Crippen LogP contribution in [0.5, 0.6) is 0 Å². The molecule has 0 saturated carbocycles. The second-order valence-electron chi connectivity index (χ2n) is 3.71. The molecule has 70 valence electrons. The van der Waals surface area contributed by atoms with Crippen molar-refractivity contribution in [3.63, 3.8) is 0 Å². The Labute approximate surface area is 73.0 Å². The Morgan fingerprint density at radius 2 is 2.17 bits per heavy atom. The van der Waals surface area contributed by atoms with Crippen molar-refractivity contribution in [2.75, 3.05) is 0 Å². The lowest BCUT2D eigenvalue weighted by Gasteiger charge is -2.39. The van der Waals surface area contributed by atoms with Crippen LogP contribution in [0.15, 0.2) is 0 Å². The Bertz CT molecular complexity index is 165. The van der Waals surface area contributed by atoms with Gasteiger partial charge in [-0.3, -0.25) is 0 Å². The topological polar surface area (TPSA) is 35.5 Å². The minimum atomic E-state index is -0.536. The lowest BCUT2D eigenvalue weighted by Crippen LogP contribution is -2.43. The predicted octanol–water partition coefficient (Wildman–Crippen LogP) is 1.51. The normalized spacial score (nSPS) is 34.6. The van der Waals surface area contributed by atoms with Crippen molar-refractivity contribution in [3.05, 3.63) is 0 Å². The molecule has 1 saturated heterocycles. The van der Waals surface area contributed by atoms with E-state index in [0.29, 0.717) is 6.42 Å². The highest BCUT2D eigenvalue weighted by Gasteiger charge is 2.32. The molecule has 1 rings (SSSR count). The number of aldehydes is 1. The van der Waals surface area contributed by atoms with Crippen LogP contribution in [0, 0.1) is 0 Å². The van der Waals surface area contributed by atoms with E-state index >= 15 is 0 Å². The van der Waals surface area contributed by atoms with Crippen molar-refractivity contribution in [3.8, 4) is 0 Å². The fourth-order valence-corrected chi connectivity index (χ4v) is 1.63. The molecule has 0 aromatic carbocycles. The van der Waals surface area contributed by atoms with E-state index in [-0.39, 0.29) is 12.2 Å². The summed E-state index contributed by atoms with van der Waals surface area (Å²) in [6.07, 6.45) is 2.39. The van der Waals surface area contributed by atoms with Gasteiger partial charge in [-0.2, -0.15) is 0 Å². The molecule has 1 aliphatic heterocycles. The summed E-state index contributed by atoms with van der Waals surface area (Å²) in [4.78, 5) is 10.3. The van der Waals surface area contributed by atoms with Crippen molar-refractivity contribution in [1.82, 2.24) is 0 Å². The number of rotatable bonds is 2. The van der Waals surface area contributed by atoms with Gasteiger partial charge in [0.15, 0.2) is 5.79 Å². The first kappa shape index (κ1) is 9.68. The van der Waals surface area contributed by atoms with E-state index in [1.165, 1.54) is 0 Å². The molecule has 0 N–H and O–H groups in total. The lowest BCUT2D eigenvalue weighted by molar-refractivity contribution is -0.295. The molecule has 1 heterocycles. The van der Waals surface area contributed by atoms with Gasteiger partial charge in [-0.05, 0) is 20.8 Å². The third-order valence-corrected chi connectivity index (χ3v) is 1.89. The zero-order chi connectivity index (χ0) is 9.19. The van der Waals surface area contributed by atoms with E-state index in [1.54, 1.807) is 0 Å². The first-order valence-corrected chi connectivity index (χ1v) is 4.33. The Morgan fingerprint density at radius 3 is 2.67 bits per heavy atom. The highest BCUT2D eigenvalue weighted by molar-refractivity contribution is 5.50. The van der Waals surface area contributed by atoms with Crippen LogP contribution in [-0.4, -0.2) is 24.3 Å². The van der Waals surface area contributed by atoms with Crippen LogP contribution < -0.4 is 0 Å². The summed E-state index contributed by atoms with van der Waals surface area (Å²) < 4.78 is 11.0. The minimum absolute atomic E-state index is 0.0289. The molecule has 0 spiro atoms. The average Bonchev–Trinajstić information content (AvgIpc) is 1.82. The standard InChI is InChI=1S/C9H16O3/c1-7-6-8(4-5-10)12-9(2,3)11-7/h5,7-8H,4,6H2,1-3H3/t7-,8+/m1/s1. The number of carbonyl (C=O) groups excluding carboxylic acids is 1. The second kappa shape index (κ2) is 3.54. The smallest absolute Gasteiger partial charge is 0.163 e. The summed E-state index contributed by atoms with van der Waals surface area (Å²) in [5.74, 6) is -0.536. The third-order valence-electron chi connectivity index (χ3n) is 1.89. The third kappa shape index (κ3) is 2.57. The Morgan fingerprint density at radius 1 is 1.50 bits per heavy atom. The molecule has 0 radical (unpaired) electrons. The van der Waals surface area contributed by atoms with Crippen LogP contribution in [0.4, 0.5) is 0 Å². The first-order valence-electron chi connectivity index (χ1n) is 4.33. The molecule has 3 nitrogen and oxygen atoms in total. The maximum absolute atomic E-state index is 10.3. The number of hydrogen-bond acceptors (Lipinski definition) is 3. The molecule has 0 aromatic rings. The van der Waals surface area contributed by atoms with E-state index in [2.05, 4.69) is 0 Å². The average molecular weight is 172 g/mol. The van der Waals surface area contributed by atoms with E-state index in [9.17, 15) is 4.79 Å². The van der Waals surface area contributed by atoms with Gasteiger partial charge < -0.3 is 14.3 Å². The van der Waals surface area contributed by atoms with Gasteiger partial charge >= 0.3 is 0 Å². The Balaban J connectivity index is 2.51. The molecular formula is C9H16O3. The lowest BCUT2D eigenvalue weighted by atomic mass is 10.1. The van der Waals surface area contributed by atoms with E-state index in [4.69, 9.17) is 9.47 Å². The number of carbonyl (C=O) groups is 1. The first-order chi connectivity index (χ1) is 5.53. The Hall–Kier alpha value is -0.410. The van der Waals surface area contributed by atoms with Crippen molar-refractivity contribution in [2.45, 2.75) is 51.6 Å². The molecule has 2 atom stereocenters. The fourth-order valence-electron chi connectivity index (χ4n) is 1.63. The molecule has 0 bridgehead atoms. The van der Waals surface area contributed by atoms with Gasteiger partial charge in [0.25, 0.3) is 0 Å². The molecule has 12 heavy (non-hydrogen) atoms. The van der Waals surface area contributed by atoms with Crippen molar-refractivity contribution in [1.29, 1.82) is 0 Å². The monoisotopic (exact) mass is 172 g/mol. The van der Waals surface area contributed by atoms with Gasteiger partial charge in [0.1, 0.15) is 6.29 Å². The zero-order valence-electron chi connectivity index (χ0n) is 7.87. The quantitative estimate of drug-likeness (QED) is 0.592. The van der Waals surface area contributed by atoms with Crippen LogP contribution in [-0.2, 0) is 14.3 Å². The molecule has 1 aliphatic rings. The predicted molar refractivity (Wildman–Crippen MR) is 44.8 cm³/mol. The van der Waals surface area contributed by atoms with E-state index < -0.39 is 5.79 Å². The van der Waals surface area contributed by atoms with Crippen molar-refractivity contribution < 1.29 is 14.3 Å². The molecule has 0 amide bonds. The van der Waals surface area contributed by atoms with Crippen molar-refractivity contribution >= 4 is 6.29 Å². The summed E-state index contributed by atoms with van der Waals surface area (Å²) in [6, 6.07) is 0. The van der Waals surface area contributed by atoms with Crippen LogP contribution in [0.25, 0.3) is 0 Å². The van der Waals surface area contributed by atoms with Crippen LogP contribution in [0.3, 0.4) is 0 Å². The molecule has 1 fully saturated rings. The largest absolute Gasteiger partial charge is 0.347 e. The highest BCUT2D eigenvalue weighted by atomic mass is 16.7. The van der Waals surface area contributed by atoms with Crippen LogP contribution in [0.2, 0.25) is 0 Å². The maximum Gasteiger partial charge on any atom is 0.163 e. The van der Waals surface area contributed by atoms with E-state index in [0.717, 1.165) is 12.7 Å². The van der Waals surface area contributed by atoms with Crippen LogP contribution >= 0.6 is 0 Å². The minimum Gasteiger partial charge on any atom is -0.347 e. The second-order valence-corrected chi connectivity index (χ2v) is 3.71. The molecule has 0 unspecified atom stereocenters. The van der Waals surface area contributed by atoms with Gasteiger partial charge in [-0.15, -0.1) is 0 Å². The SMILES string of the molecule is C[C@@H]1C[C@H](CC=O)OC(C)(C)O1. The molecule has 0 aliphatic carbocycles. The van der Waals surface area contributed by atoms with Gasteiger partial charge in [-0.25, -0.2) is 0 Å².